The van der Waals surface area contributed by atoms with E-state index in [1.165, 1.54) is 0 Å². The molecule has 1 aliphatic rings. The molecule has 1 fully saturated rings. The molecule has 7 heteroatoms. The molecule has 6 nitrogen and oxygen atoms in total. The van der Waals surface area contributed by atoms with Crippen LogP contribution in [-0.2, 0) is 0 Å². The molecule has 1 aromatic heterocycles. The van der Waals surface area contributed by atoms with E-state index in [1.54, 1.807) is 14.2 Å². The van der Waals surface area contributed by atoms with Gasteiger partial charge in [-0.3, -0.25) is 4.79 Å². The Morgan fingerprint density at radius 2 is 1.57 bits per heavy atom. The molecule has 3 aromatic carbocycles. The molecular weight excluding hydrogens is 462 g/mol. The second kappa shape index (κ2) is 9.84. The first kappa shape index (κ1) is 23.0. The lowest BCUT2D eigenvalue weighted by Crippen LogP contribution is -2.49. The summed E-state index contributed by atoms with van der Waals surface area (Å²) in [5.74, 6) is 1.26. The number of carbonyl (C=O) groups is 1. The summed E-state index contributed by atoms with van der Waals surface area (Å²) in [5, 5.41) is 1.57. The van der Waals surface area contributed by atoms with Crippen molar-refractivity contribution in [3.8, 4) is 22.8 Å². The Labute approximate surface area is 209 Å². The van der Waals surface area contributed by atoms with Gasteiger partial charge >= 0.3 is 0 Å². The third-order valence-corrected chi connectivity index (χ3v) is 6.71. The van der Waals surface area contributed by atoms with Crippen LogP contribution in [0.15, 0.2) is 72.8 Å². The first-order valence-corrected chi connectivity index (χ1v) is 11.9. The minimum absolute atomic E-state index is 0.00383. The van der Waals surface area contributed by atoms with Gasteiger partial charge in [-0.25, -0.2) is 4.98 Å². The zero-order valence-corrected chi connectivity index (χ0v) is 20.5. The summed E-state index contributed by atoms with van der Waals surface area (Å²) in [7, 11) is 3.21. The van der Waals surface area contributed by atoms with Crippen LogP contribution in [-0.4, -0.2) is 56.2 Å². The lowest BCUT2D eigenvalue weighted by atomic mass is 10.0. The van der Waals surface area contributed by atoms with Crippen LogP contribution in [0.1, 0.15) is 10.4 Å². The van der Waals surface area contributed by atoms with Crippen LogP contribution < -0.4 is 14.4 Å². The highest BCUT2D eigenvalue weighted by atomic mass is 35.5. The summed E-state index contributed by atoms with van der Waals surface area (Å²) in [4.78, 5) is 22.7. The number of piperazine rings is 1. The van der Waals surface area contributed by atoms with Crippen LogP contribution in [0.25, 0.3) is 22.2 Å². The number of aromatic nitrogens is 1. The lowest BCUT2D eigenvalue weighted by molar-refractivity contribution is 0.0748. The highest BCUT2D eigenvalue weighted by Gasteiger charge is 2.25. The maximum absolute atomic E-state index is 13.7. The Balaban J connectivity index is 1.46. The number of anilines is 1. The number of hydrogen-bond acceptors (Lipinski definition) is 5. The zero-order chi connectivity index (χ0) is 24.4. The number of pyridine rings is 1. The normalized spacial score (nSPS) is 13.7. The number of halogens is 1. The van der Waals surface area contributed by atoms with Crippen molar-refractivity contribution in [3.05, 3.63) is 83.4 Å². The molecule has 2 heterocycles. The van der Waals surface area contributed by atoms with E-state index in [0.29, 0.717) is 35.8 Å². The van der Waals surface area contributed by atoms with Crippen LogP contribution >= 0.6 is 11.6 Å². The SMILES string of the molecule is COc1ccc(-c2cc(C(=O)N3CCN(c4ccccc4Cl)CC3)c3ccccc3n2)cc1OC. The number of rotatable bonds is 5. The number of fused-ring (bicyclic) bond motifs is 1. The van der Waals surface area contributed by atoms with Gasteiger partial charge < -0.3 is 19.3 Å². The summed E-state index contributed by atoms with van der Waals surface area (Å²) in [6.07, 6.45) is 0. The topological polar surface area (TPSA) is 54.9 Å². The molecular formula is C28H26ClN3O3. The molecule has 178 valence electrons. The van der Waals surface area contributed by atoms with Crippen molar-refractivity contribution in [2.45, 2.75) is 0 Å². The van der Waals surface area contributed by atoms with E-state index in [-0.39, 0.29) is 5.91 Å². The van der Waals surface area contributed by atoms with Crippen LogP contribution in [0.4, 0.5) is 5.69 Å². The van der Waals surface area contributed by atoms with E-state index in [9.17, 15) is 4.79 Å². The van der Waals surface area contributed by atoms with E-state index in [2.05, 4.69) is 4.90 Å². The first-order valence-electron chi connectivity index (χ1n) is 11.5. The third kappa shape index (κ3) is 4.49. The van der Waals surface area contributed by atoms with Gasteiger partial charge in [0.25, 0.3) is 5.91 Å². The van der Waals surface area contributed by atoms with Crippen molar-refractivity contribution in [1.29, 1.82) is 0 Å². The first-order chi connectivity index (χ1) is 17.1. The van der Waals surface area contributed by atoms with Gasteiger partial charge in [0.15, 0.2) is 11.5 Å². The molecule has 0 atom stereocenters. The maximum atomic E-state index is 13.7. The molecule has 4 aromatic rings. The van der Waals surface area contributed by atoms with Crippen molar-refractivity contribution in [3.63, 3.8) is 0 Å². The van der Waals surface area contributed by atoms with Crippen LogP contribution in [0.2, 0.25) is 5.02 Å². The van der Waals surface area contributed by atoms with Crippen LogP contribution in [0, 0.1) is 0 Å². The molecule has 0 N–H and O–H groups in total. The van der Waals surface area contributed by atoms with Gasteiger partial charge in [-0.1, -0.05) is 41.9 Å². The summed E-state index contributed by atoms with van der Waals surface area (Å²) in [6.45, 7) is 2.68. The molecule has 0 aliphatic carbocycles. The summed E-state index contributed by atoms with van der Waals surface area (Å²) in [5.41, 5.74) is 3.99. The summed E-state index contributed by atoms with van der Waals surface area (Å²) < 4.78 is 10.8. The molecule has 1 saturated heterocycles. The zero-order valence-electron chi connectivity index (χ0n) is 19.7. The van der Waals surface area contributed by atoms with Gasteiger partial charge in [0, 0.05) is 37.1 Å². The number of methoxy groups -OCH3 is 2. The van der Waals surface area contributed by atoms with Crippen molar-refractivity contribution in [2.75, 3.05) is 45.3 Å². The minimum atomic E-state index is 0.00383. The van der Waals surface area contributed by atoms with Gasteiger partial charge in [0.2, 0.25) is 0 Å². The Kier molecular flexibility index (Phi) is 6.47. The fourth-order valence-corrected chi connectivity index (χ4v) is 4.78. The molecule has 0 spiro atoms. The molecule has 0 unspecified atom stereocenters. The van der Waals surface area contributed by atoms with Gasteiger partial charge in [-0.2, -0.15) is 0 Å². The van der Waals surface area contributed by atoms with Gasteiger partial charge in [-0.05, 0) is 42.5 Å². The maximum Gasteiger partial charge on any atom is 0.254 e. The molecule has 35 heavy (non-hydrogen) atoms. The largest absolute Gasteiger partial charge is 0.493 e. The summed E-state index contributed by atoms with van der Waals surface area (Å²) in [6, 6.07) is 23.1. The fourth-order valence-electron chi connectivity index (χ4n) is 4.52. The molecule has 0 saturated carbocycles. The molecule has 1 amide bonds. The fraction of sp³-hybridized carbons (Fsp3) is 0.214. The van der Waals surface area contributed by atoms with Crippen molar-refractivity contribution < 1.29 is 14.3 Å². The van der Waals surface area contributed by atoms with E-state index < -0.39 is 0 Å². The Morgan fingerprint density at radius 3 is 2.31 bits per heavy atom. The smallest absolute Gasteiger partial charge is 0.254 e. The molecule has 0 radical (unpaired) electrons. The Bertz CT molecular complexity index is 1380. The minimum Gasteiger partial charge on any atom is -0.493 e. The number of amides is 1. The van der Waals surface area contributed by atoms with E-state index in [1.807, 2.05) is 77.7 Å². The lowest BCUT2D eigenvalue weighted by Gasteiger charge is -2.36. The second-order valence-electron chi connectivity index (χ2n) is 8.37. The predicted octanol–water partition coefficient (Wildman–Crippen LogP) is 5.53. The van der Waals surface area contributed by atoms with Crippen molar-refractivity contribution >= 4 is 34.1 Å². The van der Waals surface area contributed by atoms with Crippen molar-refractivity contribution in [1.82, 2.24) is 9.88 Å². The molecule has 0 bridgehead atoms. The number of para-hydroxylation sites is 2. The predicted molar refractivity (Wildman–Crippen MR) is 140 cm³/mol. The highest BCUT2D eigenvalue weighted by molar-refractivity contribution is 6.33. The van der Waals surface area contributed by atoms with E-state index in [4.69, 9.17) is 26.1 Å². The third-order valence-electron chi connectivity index (χ3n) is 6.39. The van der Waals surface area contributed by atoms with Gasteiger partial charge in [0.1, 0.15) is 0 Å². The average molecular weight is 488 g/mol. The Hall–Kier alpha value is -3.77. The number of ether oxygens (including phenoxy) is 2. The van der Waals surface area contributed by atoms with Gasteiger partial charge in [0.05, 0.1) is 41.7 Å². The summed E-state index contributed by atoms with van der Waals surface area (Å²) >= 11 is 6.39. The highest BCUT2D eigenvalue weighted by Crippen LogP contribution is 2.33. The van der Waals surface area contributed by atoms with Crippen molar-refractivity contribution in [2.24, 2.45) is 0 Å². The monoisotopic (exact) mass is 487 g/mol. The Morgan fingerprint density at radius 1 is 0.857 bits per heavy atom. The standard InChI is InChI=1S/C28H26ClN3O3/c1-34-26-12-11-19(17-27(26)35-2)24-18-21(20-7-3-5-9-23(20)30-24)28(33)32-15-13-31(14-16-32)25-10-6-4-8-22(25)29/h3-12,17-18H,13-16H2,1-2H3. The van der Waals surface area contributed by atoms with Gasteiger partial charge in [-0.15, -0.1) is 0 Å². The molecule has 1 aliphatic heterocycles. The molecule has 5 rings (SSSR count). The number of hydrogen-bond donors (Lipinski definition) is 0. The quantitative estimate of drug-likeness (QED) is 0.370. The number of nitrogens with zero attached hydrogens (tertiary/aromatic N) is 3. The average Bonchev–Trinajstić information content (AvgIpc) is 2.92. The van der Waals surface area contributed by atoms with Crippen LogP contribution in [0.3, 0.4) is 0 Å². The number of benzene rings is 3. The number of carbonyl (C=O) groups excluding carboxylic acids is 1. The second-order valence-corrected chi connectivity index (χ2v) is 8.78. The van der Waals surface area contributed by atoms with E-state index >= 15 is 0 Å². The van der Waals surface area contributed by atoms with E-state index in [0.717, 1.165) is 40.3 Å². The van der Waals surface area contributed by atoms with Crippen LogP contribution in [0.5, 0.6) is 11.5 Å².